The Kier molecular flexibility index (Phi) is 5.79. The molecule has 1 aliphatic heterocycles. The van der Waals surface area contributed by atoms with Gasteiger partial charge in [0.1, 0.15) is 5.60 Å². The molecule has 0 atom stereocenters. The van der Waals surface area contributed by atoms with Gasteiger partial charge in [0.2, 0.25) is 11.8 Å². The molecule has 0 unspecified atom stereocenters. The van der Waals surface area contributed by atoms with Crippen molar-refractivity contribution in [3.63, 3.8) is 0 Å². The molecule has 114 valence electrons. The maximum absolute atomic E-state index is 11.9. The summed E-state index contributed by atoms with van der Waals surface area (Å²) in [6.07, 6.45) is -0.00316. The molecule has 1 aliphatic rings. The van der Waals surface area contributed by atoms with Crippen LogP contribution in [-0.4, -0.2) is 54.6 Å². The monoisotopic (exact) mass is 285 g/mol. The van der Waals surface area contributed by atoms with Gasteiger partial charge in [0.05, 0.1) is 0 Å². The van der Waals surface area contributed by atoms with Crippen LogP contribution in [0.3, 0.4) is 0 Å². The van der Waals surface area contributed by atoms with Gasteiger partial charge >= 0.3 is 6.09 Å². The lowest BCUT2D eigenvalue weighted by Crippen LogP contribution is -2.38. The Morgan fingerprint density at radius 2 is 2.05 bits per heavy atom. The van der Waals surface area contributed by atoms with Crippen molar-refractivity contribution in [2.75, 3.05) is 26.2 Å². The Bertz CT molecular complexity index is 376. The summed E-state index contributed by atoms with van der Waals surface area (Å²) in [5.41, 5.74) is -0.551. The van der Waals surface area contributed by atoms with Crippen LogP contribution < -0.4 is 10.6 Å². The molecule has 1 heterocycles. The molecule has 0 bridgehead atoms. The van der Waals surface area contributed by atoms with Gasteiger partial charge in [-0.05, 0) is 20.8 Å². The Labute approximate surface area is 119 Å². The van der Waals surface area contributed by atoms with Gasteiger partial charge in [-0.15, -0.1) is 0 Å². The summed E-state index contributed by atoms with van der Waals surface area (Å²) in [7, 11) is 0. The van der Waals surface area contributed by atoms with E-state index >= 15 is 0 Å². The summed E-state index contributed by atoms with van der Waals surface area (Å²) < 4.78 is 5.07. The third-order valence-electron chi connectivity index (χ3n) is 2.67. The lowest BCUT2D eigenvalue weighted by molar-refractivity contribution is -0.130. The van der Waals surface area contributed by atoms with Gasteiger partial charge in [0.25, 0.3) is 0 Å². The Morgan fingerprint density at radius 1 is 1.35 bits per heavy atom. The number of ether oxygens (including phenoxy) is 1. The molecular formula is C13H23N3O4. The summed E-state index contributed by atoms with van der Waals surface area (Å²) >= 11 is 0. The SMILES string of the molecule is CC(C)(C)OC(=O)NCCC(=O)N1CCNC(=O)CC1. The zero-order valence-corrected chi connectivity index (χ0v) is 12.3. The minimum absolute atomic E-state index is 0.0350. The number of carbonyl (C=O) groups excluding carboxylic acids is 3. The zero-order chi connectivity index (χ0) is 15.2. The van der Waals surface area contributed by atoms with E-state index < -0.39 is 11.7 Å². The van der Waals surface area contributed by atoms with Crippen LogP contribution in [0.4, 0.5) is 4.79 Å². The number of nitrogens with one attached hydrogen (secondary N) is 2. The second-order valence-electron chi connectivity index (χ2n) is 5.66. The van der Waals surface area contributed by atoms with E-state index in [9.17, 15) is 14.4 Å². The Balaban J connectivity index is 2.26. The largest absolute Gasteiger partial charge is 0.444 e. The third-order valence-corrected chi connectivity index (χ3v) is 2.67. The van der Waals surface area contributed by atoms with E-state index in [4.69, 9.17) is 4.74 Å². The summed E-state index contributed by atoms with van der Waals surface area (Å²) in [4.78, 5) is 36.1. The highest BCUT2D eigenvalue weighted by molar-refractivity contribution is 5.80. The molecule has 20 heavy (non-hydrogen) atoms. The van der Waals surface area contributed by atoms with Crippen molar-refractivity contribution in [2.45, 2.75) is 39.2 Å². The molecule has 0 radical (unpaired) electrons. The molecule has 0 spiro atoms. The fourth-order valence-electron chi connectivity index (χ4n) is 1.76. The number of alkyl carbamates (subject to hydrolysis) is 1. The quantitative estimate of drug-likeness (QED) is 0.778. The van der Waals surface area contributed by atoms with E-state index in [1.165, 1.54) is 0 Å². The van der Waals surface area contributed by atoms with Gasteiger partial charge in [0.15, 0.2) is 0 Å². The number of rotatable bonds is 3. The number of amides is 3. The highest BCUT2D eigenvalue weighted by Crippen LogP contribution is 2.06. The molecule has 1 saturated heterocycles. The zero-order valence-electron chi connectivity index (χ0n) is 12.3. The van der Waals surface area contributed by atoms with Crippen LogP contribution in [0.25, 0.3) is 0 Å². The van der Waals surface area contributed by atoms with Crippen LogP contribution in [-0.2, 0) is 14.3 Å². The minimum Gasteiger partial charge on any atom is -0.444 e. The van der Waals surface area contributed by atoms with E-state index in [-0.39, 0.29) is 24.8 Å². The van der Waals surface area contributed by atoms with Crippen molar-refractivity contribution in [3.05, 3.63) is 0 Å². The average molecular weight is 285 g/mol. The molecule has 0 aromatic carbocycles. The van der Waals surface area contributed by atoms with Crippen molar-refractivity contribution in [3.8, 4) is 0 Å². The summed E-state index contributed by atoms with van der Waals surface area (Å²) in [6.45, 7) is 6.97. The van der Waals surface area contributed by atoms with Crippen molar-refractivity contribution in [1.29, 1.82) is 0 Å². The first-order chi connectivity index (χ1) is 9.28. The molecule has 2 N–H and O–H groups in total. The second-order valence-corrected chi connectivity index (χ2v) is 5.66. The van der Waals surface area contributed by atoms with Crippen LogP contribution in [0.5, 0.6) is 0 Å². The molecule has 0 aromatic rings. The van der Waals surface area contributed by atoms with Gasteiger partial charge in [-0.25, -0.2) is 4.79 Å². The fraction of sp³-hybridized carbons (Fsp3) is 0.769. The van der Waals surface area contributed by atoms with Gasteiger partial charge < -0.3 is 20.3 Å². The number of hydrogen-bond donors (Lipinski definition) is 2. The Morgan fingerprint density at radius 3 is 2.70 bits per heavy atom. The standard InChI is InChI=1S/C13H23N3O4/c1-13(2,3)20-12(19)15-6-4-11(18)16-8-5-10(17)14-7-9-16/h4-9H2,1-3H3,(H,14,17)(H,15,19). The number of carbonyl (C=O) groups is 3. The third kappa shape index (κ3) is 6.40. The van der Waals surface area contributed by atoms with Gasteiger partial charge in [-0.3, -0.25) is 9.59 Å². The number of hydrogen-bond acceptors (Lipinski definition) is 4. The van der Waals surface area contributed by atoms with Crippen LogP contribution >= 0.6 is 0 Å². The normalized spacial score (nSPS) is 16.1. The minimum atomic E-state index is -0.551. The molecule has 0 aromatic heterocycles. The first kappa shape index (κ1) is 16.3. The number of nitrogens with zero attached hydrogens (tertiary/aromatic N) is 1. The maximum atomic E-state index is 11.9. The molecule has 0 saturated carbocycles. The average Bonchev–Trinajstić information content (AvgIpc) is 2.51. The maximum Gasteiger partial charge on any atom is 0.407 e. The van der Waals surface area contributed by atoms with E-state index in [2.05, 4.69) is 10.6 Å². The lowest BCUT2D eigenvalue weighted by atomic mass is 10.2. The first-order valence-corrected chi connectivity index (χ1v) is 6.79. The summed E-state index contributed by atoms with van der Waals surface area (Å²) in [6, 6.07) is 0. The van der Waals surface area contributed by atoms with Crippen molar-refractivity contribution in [2.24, 2.45) is 0 Å². The predicted molar refractivity (Wildman–Crippen MR) is 73.1 cm³/mol. The summed E-state index contributed by atoms with van der Waals surface area (Å²) in [5.74, 6) is -0.107. The first-order valence-electron chi connectivity index (χ1n) is 6.79. The molecule has 3 amide bonds. The van der Waals surface area contributed by atoms with Crippen molar-refractivity contribution >= 4 is 17.9 Å². The molecule has 1 rings (SSSR count). The van der Waals surface area contributed by atoms with Gasteiger partial charge in [-0.2, -0.15) is 0 Å². The van der Waals surface area contributed by atoms with E-state index in [1.54, 1.807) is 25.7 Å². The molecule has 7 nitrogen and oxygen atoms in total. The smallest absolute Gasteiger partial charge is 0.407 e. The second kappa shape index (κ2) is 7.12. The fourth-order valence-corrected chi connectivity index (χ4v) is 1.76. The van der Waals surface area contributed by atoms with Crippen molar-refractivity contribution < 1.29 is 19.1 Å². The highest BCUT2D eigenvalue weighted by atomic mass is 16.6. The van der Waals surface area contributed by atoms with Crippen molar-refractivity contribution in [1.82, 2.24) is 15.5 Å². The van der Waals surface area contributed by atoms with Gasteiger partial charge in [-0.1, -0.05) is 0 Å². The molecule has 0 aliphatic carbocycles. The van der Waals surface area contributed by atoms with E-state index in [1.807, 2.05) is 0 Å². The lowest BCUT2D eigenvalue weighted by Gasteiger charge is -2.21. The molecule has 7 heteroatoms. The van der Waals surface area contributed by atoms with Gasteiger partial charge in [0, 0.05) is 39.0 Å². The molecular weight excluding hydrogens is 262 g/mol. The van der Waals surface area contributed by atoms with E-state index in [0.717, 1.165) is 0 Å². The molecule has 1 fully saturated rings. The van der Waals surface area contributed by atoms with E-state index in [0.29, 0.717) is 26.1 Å². The van der Waals surface area contributed by atoms with Crippen LogP contribution in [0.2, 0.25) is 0 Å². The summed E-state index contributed by atoms with van der Waals surface area (Å²) in [5, 5.41) is 5.25. The van der Waals surface area contributed by atoms with Crippen LogP contribution in [0.15, 0.2) is 0 Å². The van der Waals surface area contributed by atoms with Crippen LogP contribution in [0.1, 0.15) is 33.6 Å². The predicted octanol–water partition coefficient (Wildman–Crippen LogP) is 0.250. The van der Waals surface area contributed by atoms with Crippen LogP contribution in [0, 0.1) is 0 Å². The Hall–Kier alpha value is -1.79. The highest BCUT2D eigenvalue weighted by Gasteiger charge is 2.19. The topological polar surface area (TPSA) is 87.7 Å².